The van der Waals surface area contributed by atoms with Crippen LogP contribution in [-0.4, -0.2) is 11.3 Å². The third kappa shape index (κ3) is 6.47. The van der Waals surface area contributed by atoms with Crippen molar-refractivity contribution in [3.63, 3.8) is 0 Å². The van der Waals surface area contributed by atoms with E-state index in [1.165, 1.54) is 5.54 Å². The largest absolute Gasteiger partial charge is 0.127 e. The van der Waals surface area contributed by atoms with Gasteiger partial charge >= 0.3 is 0 Å². The highest BCUT2D eigenvalue weighted by Crippen LogP contribution is 2.04. The number of hydrogen-bond donors (Lipinski definition) is 0. The van der Waals surface area contributed by atoms with Gasteiger partial charge in [-0.3, -0.25) is 0 Å². The summed E-state index contributed by atoms with van der Waals surface area (Å²) >= 11 is 16.5. The molecule has 0 amide bonds. The van der Waals surface area contributed by atoms with Gasteiger partial charge in [-0.1, -0.05) is 29.8 Å². The van der Waals surface area contributed by atoms with Crippen LogP contribution in [0.4, 0.5) is 0 Å². The Morgan fingerprint density at radius 1 is 1.30 bits per heavy atom. The van der Waals surface area contributed by atoms with Gasteiger partial charge in [-0.05, 0) is 6.42 Å². The molecular formula is C7H9Cl3. The number of allylic oxidation sites excluding steroid dienone is 3. The Morgan fingerprint density at radius 3 is 2.50 bits per heavy atom. The first-order valence-corrected chi connectivity index (χ1v) is 4.35. The fourth-order valence-corrected chi connectivity index (χ4v) is 1.05. The molecule has 0 saturated carbocycles. The summed E-state index contributed by atoms with van der Waals surface area (Å²) in [5, 5.41) is 0.0189. The van der Waals surface area contributed by atoms with E-state index >= 15 is 0 Å². The van der Waals surface area contributed by atoms with Crippen LogP contribution in [0.3, 0.4) is 0 Å². The molecule has 0 fully saturated rings. The van der Waals surface area contributed by atoms with Crippen molar-refractivity contribution in [3.8, 4) is 0 Å². The summed E-state index contributed by atoms with van der Waals surface area (Å²) in [5.74, 6) is 0.586. The van der Waals surface area contributed by atoms with Gasteiger partial charge in [0.15, 0.2) is 0 Å². The molecule has 1 atom stereocenters. The molecule has 0 aliphatic rings. The molecular weight excluding hydrogens is 190 g/mol. The number of alkyl halides is 2. The summed E-state index contributed by atoms with van der Waals surface area (Å²) in [6.45, 7) is 0. The molecule has 0 nitrogen and oxygen atoms in total. The molecule has 0 N–H and O–H groups in total. The van der Waals surface area contributed by atoms with Gasteiger partial charge in [0.2, 0.25) is 0 Å². The Morgan fingerprint density at radius 2 is 2.00 bits per heavy atom. The lowest BCUT2D eigenvalue weighted by atomic mass is 10.3. The summed E-state index contributed by atoms with van der Waals surface area (Å²) in [6, 6.07) is 0. The minimum Gasteiger partial charge on any atom is -0.127 e. The standard InChI is InChI=1S/C7H9Cl3/c8-5-2-1-3-7(10)4-6-9/h1-3,5,7H,4,6H2. The Kier molecular flexibility index (Phi) is 7.72. The van der Waals surface area contributed by atoms with Crippen LogP contribution in [0.1, 0.15) is 6.42 Å². The fourth-order valence-electron chi connectivity index (χ4n) is 0.427. The van der Waals surface area contributed by atoms with Crippen molar-refractivity contribution in [2.75, 3.05) is 5.88 Å². The van der Waals surface area contributed by atoms with Crippen LogP contribution < -0.4 is 0 Å². The molecule has 0 saturated heterocycles. The first-order valence-electron chi connectivity index (χ1n) is 2.95. The zero-order valence-corrected chi connectivity index (χ0v) is 7.70. The third-order valence-corrected chi connectivity index (χ3v) is 1.62. The lowest BCUT2D eigenvalue weighted by Gasteiger charge is -1.96. The molecule has 3 heteroatoms. The summed E-state index contributed by atoms with van der Waals surface area (Å²) in [6.07, 6.45) is 6.15. The fraction of sp³-hybridized carbons (Fsp3) is 0.429. The van der Waals surface area contributed by atoms with Crippen LogP contribution in [-0.2, 0) is 0 Å². The minimum atomic E-state index is 0.0189. The molecule has 0 rings (SSSR count). The second-order valence-electron chi connectivity index (χ2n) is 1.70. The summed E-state index contributed by atoms with van der Waals surface area (Å²) in [4.78, 5) is 0. The SMILES string of the molecule is ClC=CC=CC(Cl)CCCl. The quantitative estimate of drug-likeness (QED) is 0.480. The molecule has 0 aliphatic heterocycles. The van der Waals surface area contributed by atoms with Crippen molar-refractivity contribution in [2.24, 2.45) is 0 Å². The van der Waals surface area contributed by atoms with E-state index in [1.54, 1.807) is 12.2 Å². The van der Waals surface area contributed by atoms with Crippen molar-refractivity contribution < 1.29 is 0 Å². The molecule has 0 aromatic heterocycles. The highest BCUT2D eigenvalue weighted by molar-refractivity contribution is 6.25. The maximum absolute atomic E-state index is 5.77. The average molecular weight is 200 g/mol. The van der Waals surface area contributed by atoms with E-state index in [1.807, 2.05) is 6.08 Å². The van der Waals surface area contributed by atoms with Gasteiger partial charge in [-0.25, -0.2) is 0 Å². The van der Waals surface area contributed by atoms with Gasteiger partial charge in [0.05, 0.1) is 5.38 Å². The molecule has 0 spiro atoms. The zero-order valence-electron chi connectivity index (χ0n) is 5.43. The van der Waals surface area contributed by atoms with Gasteiger partial charge in [0.1, 0.15) is 0 Å². The van der Waals surface area contributed by atoms with E-state index in [0.29, 0.717) is 5.88 Å². The molecule has 0 bridgehead atoms. The molecule has 58 valence electrons. The molecule has 0 aromatic rings. The normalized spacial score (nSPS) is 15.1. The van der Waals surface area contributed by atoms with E-state index in [0.717, 1.165) is 6.42 Å². The van der Waals surface area contributed by atoms with Crippen LogP contribution >= 0.6 is 34.8 Å². The van der Waals surface area contributed by atoms with Gasteiger partial charge < -0.3 is 0 Å². The summed E-state index contributed by atoms with van der Waals surface area (Å²) in [5.41, 5.74) is 1.43. The highest BCUT2D eigenvalue weighted by Gasteiger charge is 1.94. The van der Waals surface area contributed by atoms with E-state index in [-0.39, 0.29) is 5.38 Å². The van der Waals surface area contributed by atoms with Gasteiger partial charge in [-0.2, -0.15) is 0 Å². The Hall–Kier alpha value is 0.350. The molecule has 0 radical (unpaired) electrons. The predicted molar refractivity (Wildman–Crippen MR) is 49.1 cm³/mol. The van der Waals surface area contributed by atoms with Crippen molar-refractivity contribution in [2.45, 2.75) is 11.8 Å². The number of rotatable bonds is 4. The van der Waals surface area contributed by atoms with Crippen LogP contribution in [0.15, 0.2) is 23.8 Å². The second-order valence-corrected chi connectivity index (χ2v) is 2.89. The topological polar surface area (TPSA) is 0 Å². The number of halogens is 3. The minimum absolute atomic E-state index is 0.0189. The lowest BCUT2D eigenvalue weighted by molar-refractivity contribution is 0.974. The maximum atomic E-state index is 5.77. The predicted octanol–water partition coefficient (Wildman–Crippen LogP) is 3.53. The first kappa shape index (κ1) is 10.3. The van der Waals surface area contributed by atoms with Gasteiger partial charge in [0, 0.05) is 11.4 Å². The molecule has 0 heterocycles. The van der Waals surface area contributed by atoms with Crippen molar-refractivity contribution in [3.05, 3.63) is 23.8 Å². The summed E-state index contributed by atoms with van der Waals surface area (Å²) < 4.78 is 0. The van der Waals surface area contributed by atoms with E-state index < -0.39 is 0 Å². The lowest BCUT2D eigenvalue weighted by Crippen LogP contribution is -1.92. The van der Waals surface area contributed by atoms with Crippen molar-refractivity contribution in [1.29, 1.82) is 0 Å². The van der Waals surface area contributed by atoms with Gasteiger partial charge in [0.25, 0.3) is 0 Å². The highest BCUT2D eigenvalue weighted by atomic mass is 35.5. The zero-order chi connectivity index (χ0) is 7.82. The third-order valence-electron chi connectivity index (χ3n) is 0.889. The monoisotopic (exact) mass is 198 g/mol. The van der Waals surface area contributed by atoms with Crippen LogP contribution in [0.5, 0.6) is 0 Å². The summed E-state index contributed by atoms with van der Waals surface area (Å²) in [7, 11) is 0. The van der Waals surface area contributed by atoms with Crippen LogP contribution in [0.2, 0.25) is 0 Å². The van der Waals surface area contributed by atoms with E-state index in [9.17, 15) is 0 Å². The van der Waals surface area contributed by atoms with Crippen molar-refractivity contribution >= 4 is 34.8 Å². The smallest absolute Gasteiger partial charge is 0.0530 e. The van der Waals surface area contributed by atoms with Crippen LogP contribution in [0.25, 0.3) is 0 Å². The molecule has 10 heavy (non-hydrogen) atoms. The Balaban J connectivity index is 3.44. The molecule has 1 unspecified atom stereocenters. The maximum Gasteiger partial charge on any atom is 0.0530 e. The van der Waals surface area contributed by atoms with Crippen molar-refractivity contribution in [1.82, 2.24) is 0 Å². The van der Waals surface area contributed by atoms with E-state index in [4.69, 9.17) is 34.8 Å². The Bertz CT molecular complexity index is 118. The van der Waals surface area contributed by atoms with Gasteiger partial charge in [-0.15, -0.1) is 23.2 Å². The second kappa shape index (κ2) is 7.46. The van der Waals surface area contributed by atoms with E-state index in [2.05, 4.69) is 0 Å². The first-order chi connectivity index (χ1) is 4.81. The average Bonchev–Trinajstić information content (AvgIpc) is 1.89. The van der Waals surface area contributed by atoms with Crippen LogP contribution in [0, 0.1) is 0 Å². The Labute approximate surface area is 76.5 Å². The molecule has 0 aliphatic carbocycles. The molecule has 0 aromatic carbocycles. The number of hydrogen-bond acceptors (Lipinski definition) is 0.